The average Bonchev–Trinajstić information content (AvgIpc) is 2.23. The summed E-state index contributed by atoms with van der Waals surface area (Å²) >= 11 is 0. The van der Waals surface area contributed by atoms with Crippen molar-refractivity contribution in [2.24, 2.45) is 0 Å². The fourth-order valence-electron chi connectivity index (χ4n) is 1.52. The van der Waals surface area contributed by atoms with Gasteiger partial charge in [0.2, 0.25) is 0 Å². The van der Waals surface area contributed by atoms with Crippen molar-refractivity contribution in [2.45, 2.75) is 6.92 Å². The topological polar surface area (TPSA) is 73.9 Å². The van der Waals surface area contributed by atoms with Gasteiger partial charge in [0.1, 0.15) is 0 Å². The molecule has 0 unspecified atom stereocenters. The van der Waals surface area contributed by atoms with E-state index in [0.29, 0.717) is 10.9 Å². The van der Waals surface area contributed by atoms with Crippen LogP contribution in [0.4, 0.5) is 5.69 Å². The molecule has 0 amide bonds. The summed E-state index contributed by atoms with van der Waals surface area (Å²) in [6.07, 6.45) is 2.98. The number of rotatable bonds is 2. The molecule has 0 aromatic heterocycles. The molecule has 78 valence electrons. The SMILES string of the molecule is CCNc1ccc(=N)c2cn(O)ncc1-2. The van der Waals surface area contributed by atoms with Crippen molar-refractivity contribution in [1.82, 2.24) is 9.94 Å². The highest BCUT2D eigenvalue weighted by atomic mass is 16.5. The Morgan fingerprint density at radius 3 is 3.00 bits per heavy atom. The van der Waals surface area contributed by atoms with E-state index in [1.54, 1.807) is 12.3 Å². The minimum Gasteiger partial charge on any atom is -0.412 e. The largest absolute Gasteiger partial charge is 0.412 e. The molecule has 15 heavy (non-hydrogen) atoms. The molecule has 0 fully saturated rings. The molecule has 0 spiro atoms. The summed E-state index contributed by atoms with van der Waals surface area (Å²) in [5.41, 5.74) is 2.44. The van der Waals surface area contributed by atoms with E-state index in [1.807, 2.05) is 13.0 Å². The monoisotopic (exact) mass is 204 g/mol. The van der Waals surface area contributed by atoms with Gasteiger partial charge in [-0.3, -0.25) is 0 Å². The van der Waals surface area contributed by atoms with Crippen LogP contribution in [0.5, 0.6) is 0 Å². The molecule has 3 N–H and O–H groups in total. The van der Waals surface area contributed by atoms with Crippen LogP contribution in [0, 0.1) is 5.41 Å². The summed E-state index contributed by atoms with van der Waals surface area (Å²) < 4.78 is 0. The summed E-state index contributed by atoms with van der Waals surface area (Å²) in [6.45, 7) is 2.81. The van der Waals surface area contributed by atoms with Crippen LogP contribution in [0.1, 0.15) is 6.92 Å². The van der Waals surface area contributed by atoms with Crippen LogP contribution in [0.3, 0.4) is 0 Å². The molecular weight excluding hydrogens is 192 g/mol. The third-order valence-electron chi connectivity index (χ3n) is 2.20. The second-order valence-electron chi connectivity index (χ2n) is 3.21. The molecule has 1 aliphatic heterocycles. The van der Waals surface area contributed by atoms with E-state index in [0.717, 1.165) is 22.6 Å². The molecule has 2 aliphatic rings. The lowest BCUT2D eigenvalue weighted by Crippen LogP contribution is -2.12. The fraction of sp³-hybridized carbons (Fsp3) is 0.200. The third kappa shape index (κ3) is 1.63. The smallest absolute Gasteiger partial charge is 0.0749 e. The lowest BCUT2D eigenvalue weighted by Gasteiger charge is -2.12. The molecule has 0 saturated heterocycles. The van der Waals surface area contributed by atoms with Gasteiger partial charge < -0.3 is 15.9 Å². The summed E-state index contributed by atoms with van der Waals surface area (Å²) in [6, 6.07) is 3.54. The second-order valence-corrected chi connectivity index (χ2v) is 3.21. The van der Waals surface area contributed by atoms with Crippen molar-refractivity contribution in [1.29, 1.82) is 5.41 Å². The molecule has 0 atom stereocenters. The van der Waals surface area contributed by atoms with E-state index in [2.05, 4.69) is 10.4 Å². The third-order valence-corrected chi connectivity index (χ3v) is 2.20. The van der Waals surface area contributed by atoms with Gasteiger partial charge in [0.05, 0.1) is 17.8 Å². The van der Waals surface area contributed by atoms with E-state index in [4.69, 9.17) is 5.41 Å². The Hall–Kier alpha value is -2.04. The van der Waals surface area contributed by atoms with Crippen LogP contribution in [0.25, 0.3) is 11.1 Å². The van der Waals surface area contributed by atoms with Crippen molar-refractivity contribution >= 4 is 5.69 Å². The maximum absolute atomic E-state index is 9.18. The van der Waals surface area contributed by atoms with Crippen LogP contribution >= 0.6 is 0 Å². The highest BCUT2D eigenvalue weighted by Crippen LogP contribution is 2.24. The number of hydrogen-bond donors (Lipinski definition) is 3. The van der Waals surface area contributed by atoms with Crippen molar-refractivity contribution in [3.05, 3.63) is 29.9 Å². The van der Waals surface area contributed by atoms with Crippen molar-refractivity contribution in [3.8, 4) is 11.1 Å². The second kappa shape index (κ2) is 3.61. The Balaban J connectivity index is 2.69. The first kappa shape index (κ1) is 9.51. The minimum absolute atomic E-state index is 0.372. The number of nitrogens with zero attached hydrogens (tertiary/aromatic N) is 2. The van der Waals surface area contributed by atoms with Gasteiger partial charge in [-0.2, -0.15) is 0 Å². The molecule has 5 heteroatoms. The van der Waals surface area contributed by atoms with E-state index in [9.17, 15) is 5.21 Å². The number of hydrogen-bond acceptors (Lipinski definition) is 4. The van der Waals surface area contributed by atoms with E-state index in [-0.39, 0.29) is 0 Å². The lowest BCUT2D eigenvalue weighted by atomic mass is 10.1. The highest BCUT2D eigenvalue weighted by Gasteiger charge is 2.09. The summed E-state index contributed by atoms with van der Waals surface area (Å²) in [7, 11) is 0. The Morgan fingerprint density at radius 2 is 2.27 bits per heavy atom. The molecule has 0 saturated carbocycles. The fourth-order valence-corrected chi connectivity index (χ4v) is 1.52. The van der Waals surface area contributed by atoms with Gasteiger partial charge in [0, 0.05) is 23.4 Å². The maximum Gasteiger partial charge on any atom is 0.0749 e. The van der Waals surface area contributed by atoms with Gasteiger partial charge in [-0.15, -0.1) is 9.94 Å². The van der Waals surface area contributed by atoms with Crippen molar-refractivity contribution in [3.63, 3.8) is 0 Å². The number of anilines is 1. The first-order valence-electron chi connectivity index (χ1n) is 4.72. The van der Waals surface area contributed by atoms with Gasteiger partial charge >= 0.3 is 0 Å². The molecule has 5 nitrogen and oxygen atoms in total. The highest BCUT2D eigenvalue weighted by molar-refractivity contribution is 5.77. The normalized spacial score (nSPS) is 10.5. The quantitative estimate of drug-likeness (QED) is 0.642. The van der Waals surface area contributed by atoms with E-state index < -0.39 is 0 Å². The average molecular weight is 204 g/mol. The maximum atomic E-state index is 9.18. The zero-order valence-electron chi connectivity index (χ0n) is 8.36. The molecule has 0 radical (unpaired) electrons. The minimum atomic E-state index is 0.372. The van der Waals surface area contributed by atoms with E-state index >= 15 is 0 Å². The predicted octanol–water partition coefficient (Wildman–Crippen LogP) is 1.14. The van der Waals surface area contributed by atoms with Crippen LogP contribution < -0.4 is 10.7 Å². The van der Waals surface area contributed by atoms with Crippen molar-refractivity contribution < 1.29 is 5.21 Å². The zero-order chi connectivity index (χ0) is 10.8. The summed E-state index contributed by atoms with van der Waals surface area (Å²) in [5.74, 6) is 0. The summed E-state index contributed by atoms with van der Waals surface area (Å²) in [5, 5.41) is 24.2. The number of fused-ring (bicyclic) bond motifs is 1. The first-order valence-corrected chi connectivity index (χ1v) is 4.72. The van der Waals surface area contributed by atoms with Gasteiger partial charge in [-0.25, -0.2) is 0 Å². The van der Waals surface area contributed by atoms with Crippen LogP contribution in [0.2, 0.25) is 0 Å². The molecule has 0 bridgehead atoms. The van der Waals surface area contributed by atoms with Gasteiger partial charge in [0.15, 0.2) is 0 Å². The number of benzene rings is 1. The molecule has 0 aromatic carbocycles. The van der Waals surface area contributed by atoms with Crippen LogP contribution in [-0.4, -0.2) is 21.7 Å². The molecule has 1 heterocycles. The van der Waals surface area contributed by atoms with Crippen molar-refractivity contribution in [2.75, 3.05) is 11.9 Å². The molecule has 1 aliphatic carbocycles. The lowest BCUT2D eigenvalue weighted by molar-refractivity contribution is 0.144. The van der Waals surface area contributed by atoms with Gasteiger partial charge in [-0.1, -0.05) is 0 Å². The number of nitrogens with one attached hydrogen (secondary N) is 2. The summed E-state index contributed by atoms with van der Waals surface area (Å²) in [4.78, 5) is 0.718. The molecule has 2 rings (SSSR count). The van der Waals surface area contributed by atoms with Crippen LogP contribution in [0.15, 0.2) is 24.5 Å². The molecule has 0 aromatic rings. The Labute approximate surface area is 86.8 Å². The molecular formula is C10H12N4O. The van der Waals surface area contributed by atoms with Crippen LogP contribution in [-0.2, 0) is 0 Å². The number of aromatic nitrogens is 2. The van der Waals surface area contributed by atoms with Gasteiger partial charge in [-0.05, 0) is 19.1 Å². The Bertz CT molecular complexity index is 505. The standard InChI is InChI=1S/C10H12N4O/c1-2-12-10-4-3-9(11)8-6-14(15)13-5-7(8)10/h3-6,11-12,15H,2H2,1H3. The Kier molecular flexibility index (Phi) is 2.29. The first-order chi connectivity index (χ1) is 7.22. The van der Waals surface area contributed by atoms with E-state index in [1.165, 1.54) is 6.20 Å². The zero-order valence-corrected chi connectivity index (χ0v) is 8.36. The predicted molar refractivity (Wildman–Crippen MR) is 56.1 cm³/mol. The van der Waals surface area contributed by atoms with Gasteiger partial charge in [0.25, 0.3) is 0 Å². The Morgan fingerprint density at radius 1 is 1.47 bits per heavy atom.